The third-order valence-electron chi connectivity index (χ3n) is 5.69. The Bertz CT molecular complexity index is 727. The first kappa shape index (κ1) is 44.0. The Balaban J connectivity index is 1.64. The van der Waals surface area contributed by atoms with Gasteiger partial charge in [-0.05, 0) is 0 Å². The van der Waals surface area contributed by atoms with Crippen LogP contribution >= 0.6 is 0 Å². The standard InChI is InChI=1S/C29H56N2O17/c30-31-25-27(48-28(31)33)26-47-29(34)46-24-23-45-22-21-44-20-19-43-18-17-42-16-15-41-14-13-40-12-11-39-10-9-38-8-7-37-6-5-36-4-3-35-2-1-32/h27,32H,1-26,30H2/t27-/m0/s1. The minimum atomic E-state index is -0.881. The molecule has 1 aliphatic heterocycles. The van der Waals surface area contributed by atoms with Crippen molar-refractivity contribution in [2.45, 2.75) is 6.10 Å². The van der Waals surface area contributed by atoms with Crippen molar-refractivity contribution in [2.24, 2.45) is 5.84 Å². The second kappa shape index (κ2) is 34.9. The number of carbonyl (C=O) groups is 2. The molecule has 1 saturated heterocycles. The summed E-state index contributed by atoms with van der Waals surface area (Å²) in [5, 5.41) is 9.47. The van der Waals surface area contributed by atoms with Gasteiger partial charge in [0.25, 0.3) is 0 Å². The Morgan fingerprint density at radius 1 is 0.542 bits per heavy atom. The molecular weight excluding hydrogens is 648 g/mol. The molecule has 1 heterocycles. The number of aliphatic hydroxyl groups excluding tert-OH is 1. The van der Waals surface area contributed by atoms with Crippen molar-refractivity contribution in [1.82, 2.24) is 5.01 Å². The van der Waals surface area contributed by atoms with Gasteiger partial charge in [0.2, 0.25) is 0 Å². The predicted molar refractivity (Wildman–Crippen MR) is 165 cm³/mol. The molecular formula is C29H56N2O17. The van der Waals surface area contributed by atoms with E-state index in [1.807, 2.05) is 0 Å². The molecule has 1 rings (SSSR count). The Morgan fingerprint density at radius 2 is 0.833 bits per heavy atom. The van der Waals surface area contributed by atoms with Gasteiger partial charge in [-0.1, -0.05) is 0 Å². The molecule has 1 aliphatic rings. The number of hydrogen-bond acceptors (Lipinski definition) is 18. The summed E-state index contributed by atoms with van der Waals surface area (Å²) in [6.45, 7) is 9.72. The van der Waals surface area contributed by atoms with Crippen LogP contribution in [0.4, 0.5) is 9.59 Å². The molecule has 0 saturated carbocycles. The molecule has 0 aromatic carbocycles. The Morgan fingerprint density at radius 3 is 1.10 bits per heavy atom. The second-order valence-electron chi connectivity index (χ2n) is 9.53. The maximum atomic E-state index is 11.5. The molecule has 284 valence electrons. The van der Waals surface area contributed by atoms with E-state index < -0.39 is 18.4 Å². The van der Waals surface area contributed by atoms with Crippen molar-refractivity contribution in [3.8, 4) is 0 Å². The number of hydrazine groups is 1. The van der Waals surface area contributed by atoms with E-state index in [1.54, 1.807) is 0 Å². The zero-order valence-corrected chi connectivity index (χ0v) is 28.0. The topological polar surface area (TPSA) is 213 Å². The molecule has 19 heteroatoms. The van der Waals surface area contributed by atoms with Crippen LogP contribution in [0.5, 0.6) is 0 Å². The van der Waals surface area contributed by atoms with Gasteiger partial charge >= 0.3 is 12.2 Å². The van der Waals surface area contributed by atoms with Crippen LogP contribution in [0, 0.1) is 0 Å². The number of nitrogens with two attached hydrogens (primary N) is 1. The molecule has 0 aromatic heterocycles. The van der Waals surface area contributed by atoms with E-state index in [9.17, 15) is 9.59 Å². The third kappa shape index (κ3) is 30.1. The second-order valence-corrected chi connectivity index (χ2v) is 9.53. The van der Waals surface area contributed by atoms with Crippen LogP contribution in [-0.2, 0) is 66.3 Å². The summed E-state index contributed by atoms with van der Waals surface area (Å²) < 4.78 is 73.7. The molecule has 3 N–H and O–H groups in total. The fourth-order valence-electron chi connectivity index (χ4n) is 3.38. The molecule has 0 radical (unpaired) electrons. The van der Waals surface area contributed by atoms with E-state index in [-0.39, 0.29) is 33.0 Å². The highest BCUT2D eigenvalue weighted by Gasteiger charge is 2.30. The van der Waals surface area contributed by atoms with Crippen molar-refractivity contribution < 1.29 is 81.0 Å². The Labute approximate surface area is 282 Å². The smallest absolute Gasteiger partial charge is 0.440 e. The molecule has 0 bridgehead atoms. The summed E-state index contributed by atoms with van der Waals surface area (Å²) >= 11 is 0. The Kier molecular flexibility index (Phi) is 32.0. The molecule has 0 aliphatic carbocycles. The van der Waals surface area contributed by atoms with E-state index in [2.05, 4.69) is 0 Å². The number of rotatable bonds is 37. The van der Waals surface area contributed by atoms with Crippen LogP contribution in [0.3, 0.4) is 0 Å². The number of ether oxygens (including phenoxy) is 14. The molecule has 0 spiro atoms. The van der Waals surface area contributed by atoms with Crippen LogP contribution in [0.25, 0.3) is 0 Å². The van der Waals surface area contributed by atoms with Gasteiger partial charge in [-0.15, -0.1) is 0 Å². The number of nitrogens with zero attached hydrogens (tertiary/aromatic N) is 1. The molecule has 19 nitrogen and oxygen atoms in total. The van der Waals surface area contributed by atoms with Gasteiger partial charge in [0.05, 0.1) is 159 Å². The first-order chi connectivity index (χ1) is 23.6. The lowest BCUT2D eigenvalue weighted by molar-refractivity contribution is -0.0287. The Hall–Kier alpha value is -1.98. The third-order valence-corrected chi connectivity index (χ3v) is 5.69. The van der Waals surface area contributed by atoms with Crippen molar-refractivity contribution in [2.75, 3.05) is 172 Å². The number of amides is 1. The highest BCUT2D eigenvalue weighted by Crippen LogP contribution is 2.07. The lowest BCUT2D eigenvalue weighted by atomic mass is 10.4. The first-order valence-electron chi connectivity index (χ1n) is 16.1. The minimum Gasteiger partial charge on any atom is -0.440 e. The lowest BCUT2D eigenvalue weighted by Crippen LogP contribution is -2.32. The van der Waals surface area contributed by atoms with Crippen molar-refractivity contribution in [3.63, 3.8) is 0 Å². The summed E-state index contributed by atoms with van der Waals surface area (Å²) in [6.07, 6.45) is -2.16. The molecule has 1 amide bonds. The SMILES string of the molecule is NN1C[C@@H](COC(=O)OCCOCCOCCOCCOCCOCCOCCOCCOCCOCCOCCOCCO)OC1=O. The average Bonchev–Trinajstić information content (AvgIpc) is 3.41. The van der Waals surface area contributed by atoms with Crippen LogP contribution < -0.4 is 5.84 Å². The average molecular weight is 705 g/mol. The highest BCUT2D eigenvalue weighted by atomic mass is 16.7. The number of hydrogen-bond donors (Lipinski definition) is 2. The molecule has 0 unspecified atom stereocenters. The van der Waals surface area contributed by atoms with Crippen LogP contribution in [0.1, 0.15) is 0 Å². The largest absolute Gasteiger partial charge is 0.508 e. The number of cyclic esters (lactones) is 1. The predicted octanol–water partition coefficient (Wildman–Crippen LogP) is -0.991. The summed E-state index contributed by atoms with van der Waals surface area (Å²) in [7, 11) is 0. The quantitative estimate of drug-likeness (QED) is 0.0344. The molecule has 0 aromatic rings. The van der Waals surface area contributed by atoms with E-state index in [4.69, 9.17) is 77.3 Å². The fraction of sp³-hybridized carbons (Fsp3) is 0.931. The van der Waals surface area contributed by atoms with Crippen molar-refractivity contribution in [1.29, 1.82) is 0 Å². The van der Waals surface area contributed by atoms with Gasteiger partial charge in [-0.3, -0.25) is 0 Å². The van der Waals surface area contributed by atoms with E-state index in [0.717, 1.165) is 5.01 Å². The maximum Gasteiger partial charge on any atom is 0.508 e. The van der Waals surface area contributed by atoms with Crippen molar-refractivity contribution in [3.05, 3.63) is 0 Å². The summed E-state index contributed by atoms with van der Waals surface area (Å²) in [5.41, 5.74) is 0. The monoisotopic (exact) mass is 704 g/mol. The van der Waals surface area contributed by atoms with E-state index in [0.29, 0.717) is 139 Å². The van der Waals surface area contributed by atoms with E-state index >= 15 is 0 Å². The summed E-state index contributed by atoms with van der Waals surface area (Å²) in [6, 6.07) is 0. The normalized spacial score (nSPS) is 14.5. The number of aliphatic hydroxyl groups is 1. The van der Waals surface area contributed by atoms with Crippen LogP contribution in [-0.4, -0.2) is 200 Å². The van der Waals surface area contributed by atoms with Gasteiger partial charge < -0.3 is 71.4 Å². The van der Waals surface area contributed by atoms with Crippen molar-refractivity contribution >= 4 is 12.2 Å². The van der Waals surface area contributed by atoms with Crippen LogP contribution in [0.15, 0.2) is 0 Å². The summed E-state index contributed by atoms with van der Waals surface area (Å²) in [5.74, 6) is 5.35. The van der Waals surface area contributed by atoms with Gasteiger partial charge in [0.1, 0.15) is 13.2 Å². The van der Waals surface area contributed by atoms with Crippen LogP contribution in [0.2, 0.25) is 0 Å². The van der Waals surface area contributed by atoms with Gasteiger partial charge in [0.15, 0.2) is 6.10 Å². The maximum absolute atomic E-state index is 11.5. The highest BCUT2D eigenvalue weighted by molar-refractivity contribution is 5.69. The van der Waals surface area contributed by atoms with Gasteiger partial charge in [-0.2, -0.15) is 0 Å². The van der Waals surface area contributed by atoms with E-state index in [1.165, 1.54) is 0 Å². The molecule has 48 heavy (non-hydrogen) atoms. The van der Waals surface area contributed by atoms with Gasteiger partial charge in [-0.25, -0.2) is 20.4 Å². The first-order valence-corrected chi connectivity index (χ1v) is 16.1. The molecule has 1 fully saturated rings. The minimum absolute atomic E-state index is 0.0161. The fourth-order valence-corrected chi connectivity index (χ4v) is 3.38. The summed E-state index contributed by atoms with van der Waals surface area (Å²) in [4.78, 5) is 22.6. The van der Waals surface area contributed by atoms with Gasteiger partial charge in [0, 0.05) is 0 Å². The number of carbonyl (C=O) groups excluding carboxylic acids is 2. The zero-order valence-electron chi connectivity index (χ0n) is 28.0. The zero-order chi connectivity index (χ0) is 34.6. The lowest BCUT2D eigenvalue weighted by Gasteiger charge is -2.10. The molecule has 1 atom stereocenters.